The molecule has 0 saturated heterocycles. The third-order valence-corrected chi connectivity index (χ3v) is 8.45. The number of aromatic nitrogens is 1. The van der Waals surface area contributed by atoms with Gasteiger partial charge in [0.25, 0.3) is 0 Å². The van der Waals surface area contributed by atoms with Crippen molar-refractivity contribution in [1.29, 1.82) is 0 Å². The first kappa shape index (κ1) is 17.1. The Morgan fingerprint density at radius 1 is 1.45 bits per heavy atom. The Balaban J connectivity index is 2.81. The molecule has 0 atom stereocenters. The maximum Gasteiger partial charge on any atom is 0.223 e. The minimum atomic E-state index is -1.75. The minimum Gasteiger partial charge on any atom is -0.411 e. The van der Waals surface area contributed by atoms with E-state index in [2.05, 4.69) is 55.6 Å². The van der Waals surface area contributed by atoms with Crippen LogP contribution in [0.25, 0.3) is 0 Å². The van der Waals surface area contributed by atoms with E-state index in [-0.39, 0.29) is 10.3 Å². The molecule has 0 aromatic carbocycles. The van der Waals surface area contributed by atoms with E-state index in [4.69, 9.17) is 16.0 Å². The third-order valence-electron chi connectivity index (χ3n) is 3.77. The summed E-state index contributed by atoms with van der Waals surface area (Å²) in [7, 11) is -1.75. The maximum absolute atomic E-state index is 6.17. The van der Waals surface area contributed by atoms with Gasteiger partial charge in [-0.15, -0.1) is 0 Å². The van der Waals surface area contributed by atoms with Gasteiger partial charge in [0, 0.05) is 5.69 Å². The summed E-state index contributed by atoms with van der Waals surface area (Å²) in [5.41, 5.74) is 2.01. The largest absolute Gasteiger partial charge is 0.411 e. The first-order chi connectivity index (χ1) is 9.06. The van der Waals surface area contributed by atoms with Crippen molar-refractivity contribution in [3.8, 4) is 0 Å². The minimum absolute atomic E-state index is 0.131. The van der Waals surface area contributed by atoms with Crippen molar-refractivity contribution in [3.63, 3.8) is 0 Å². The van der Waals surface area contributed by atoms with E-state index in [0.29, 0.717) is 12.4 Å². The number of aliphatic imine (C=N–C) groups is 2. The van der Waals surface area contributed by atoms with Gasteiger partial charge in [0.1, 0.15) is 5.82 Å². The van der Waals surface area contributed by atoms with Crippen molar-refractivity contribution in [2.45, 2.75) is 52.4 Å². The molecule has 0 aliphatic heterocycles. The number of nitrogens with one attached hydrogen (secondary N) is 1. The highest BCUT2D eigenvalue weighted by Gasteiger charge is 2.37. The summed E-state index contributed by atoms with van der Waals surface area (Å²) in [5.74, 6) is 0.705. The van der Waals surface area contributed by atoms with E-state index in [1.54, 1.807) is 0 Å². The lowest BCUT2D eigenvalue weighted by Crippen LogP contribution is -2.40. The zero-order chi connectivity index (χ0) is 15.6. The SMILES string of the molecule is C=N/C(Cl)=N\c1[nH]c(CO[Si](C)(C)C(C)(C)C)cc1C. The quantitative estimate of drug-likeness (QED) is 0.370. The highest BCUT2D eigenvalue weighted by atomic mass is 35.5. The van der Waals surface area contributed by atoms with Crippen molar-refractivity contribution in [2.75, 3.05) is 0 Å². The van der Waals surface area contributed by atoms with Crippen LogP contribution in [0.4, 0.5) is 5.82 Å². The third kappa shape index (κ3) is 4.29. The van der Waals surface area contributed by atoms with Crippen LogP contribution >= 0.6 is 11.6 Å². The zero-order valence-electron chi connectivity index (χ0n) is 13.2. The Bertz CT molecular complexity index is 515. The predicted octanol–water partition coefficient (Wildman–Crippen LogP) is 4.77. The fraction of sp³-hybridized carbons (Fsp3) is 0.571. The van der Waals surface area contributed by atoms with Gasteiger partial charge in [0.15, 0.2) is 8.32 Å². The molecule has 6 heteroatoms. The van der Waals surface area contributed by atoms with E-state index < -0.39 is 8.32 Å². The Labute approximate surface area is 127 Å². The number of hydrogen-bond donors (Lipinski definition) is 1. The monoisotopic (exact) mass is 313 g/mol. The molecule has 1 aromatic heterocycles. The fourth-order valence-corrected chi connectivity index (χ4v) is 2.45. The van der Waals surface area contributed by atoms with Crippen LogP contribution in [0.5, 0.6) is 0 Å². The Hall–Kier alpha value is -0.913. The topological polar surface area (TPSA) is 49.7 Å². The van der Waals surface area contributed by atoms with E-state index >= 15 is 0 Å². The lowest BCUT2D eigenvalue weighted by molar-refractivity contribution is 0.273. The van der Waals surface area contributed by atoms with Crippen LogP contribution in [0, 0.1) is 6.92 Å². The summed E-state index contributed by atoms with van der Waals surface area (Å²) in [5, 5.41) is 0.331. The molecule has 0 bridgehead atoms. The molecule has 1 N–H and O–H groups in total. The maximum atomic E-state index is 6.17. The zero-order valence-corrected chi connectivity index (χ0v) is 14.9. The summed E-state index contributed by atoms with van der Waals surface area (Å²) in [6.07, 6.45) is 0. The average molecular weight is 314 g/mol. The number of rotatable bonds is 4. The van der Waals surface area contributed by atoms with Crippen molar-refractivity contribution in [2.24, 2.45) is 9.98 Å². The van der Waals surface area contributed by atoms with Crippen LogP contribution in [0.2, 0.25) is 18.1 Å². The first-order valence-corrected chi connectivity index (χ1v) is 9.89. The van der Waals surface area contributed by atoms with Crippen LogP contribution in [0.1, 0.15) is 32.0 Å². The number of halogens is 1. The number of aromatic amines is 1. The van der Waals surface area contributed by atoms with Gasteiger partial charge < -0.3 is 9.41 Å². The van der Waals surface area contributed by atoms with Gasteiger partial charge in [-0.3, -0.25) is 0 Å². The summed E-state index contributed by atoms with van der Waals surface area (Å²) in [4.78, 5) is 10.9. The molecule has 0 saturated carbocycles. The molecule has 0 aliphatic rings. The average Bonchev–Trinajstić information content (AvgIpc) is 2.66. The number of H-pyrrole nitrogens is 1. The molecule has 20 heavy (non-hydrogen) atoms. The van der Waals surface area contributed by atoms with Gasteiger partial charge in [-0.25, -0.2) is 9.98 Å². The van der Waals surface area contributed by atoms with Crippen molar-refractivity contribution >= 4 is 37.7 Å². The molecule has 0 amide bonds. The normalized spacial score (nSPS) is 13.7. The summed E-state index contributed by atoms with van der Waals surface area (Å²) >= 11 is 5.77. The molecule has 0 aliphatic carbocycles. The van der Waals surface area contributed by atoms with E-state index in [0.717, 1.165) is 11.3 Å². The van der Waals surface area contributed by atoms with Gasteiger partial charge in [-0.05, 0) is 55.0 Å². The molecule has 0 spiro atoms. The predicted molar refractivity (Wildman–Crippen MR) is 90.0 cm³/mol. The van der Waals surface area contributed by atoms with Gasteiger partial charge in [0.05, 0.1) is 6.61 Å². The lowest BCUT2D eigenvalue weighted by atomic mass is 10.2. The van der Waals surface area contributed by atoms with Gasteiger partial charge in [-0.1, -0.05) is 20.8 Å². The number of nitrogens with zero attached hydrogens (tertiary/aromatic N) is 2. The Morgan fingerprint density at radius 3 is 2.55 bits per heavy atom. The van der Waals surface area contributed by atoms with Crippen LogP contribution in [0.3, 0.4) is 0 Å². The molecule has 1 aromatic rings. The molecule has 4 nitrogen and oxygen atoms in total. The molecule has 1 rings (SSSR count). The Kier molecular flexibility index (Phi) is 5.35. The number of hydrogen-bond acceptors (Lipinski definition) is 2. The second kappa shape index (κ2) is 6.24. The molecule has 0 fully saturated rings. The highest BCUT2D eigenvalue weighted by molar-refractivity contribution is 6.74. The smallest absolute Gasteiger partial charge is 0.223 e. The van der Waals surface area contributed by atoms with Crippen LogP contribution in [-0.4, -0.2) is 25.3 Å². The van der Waals surface area contributed by atoms with Gasteiger partial charge in [0.2, 0.25) is 5.29 Å². The van der Waals surface area contributed by atoms with E-state index in [1.165, 1.54) is 0 Å². The van der Waals surface area contributed by atoms with E-state index in [1.807, 2.05) is 13.0 Å². The van der Waals surface area contributed by atoms with E-state index in [9.17, 15) is 0 Å². The molecule has 112 valence electrons. The number of aryl methyl sites for hydroxylation is 1. The molecule has 0 radical (unpaired) electrons. The fourth-order valence-electron chi connectivity index (χ4n) is 1.41. The lowest BCUT2D eigenvalue weighted by Gasteiger charge is -2.36. The summed E-state index contributed by atoms with van der Waals surface area (Å²) in [6, 6.07) is 2.03. The van der Waals surface area contributed by atoms with Gasteiger partial charge >= 0.3 is 0 Å². The van der Waals surface area contributed by atoms with Crippen molar-refractivity contribution in [1.82, 2.24) is 4.98 Å². The first-order valence-electron chi connectivity index (χ1n) is 6.60. The van der Waals surface area contributed by atoms with Crippen LogP contribution < -0.4 is 0 Å². The van der Waals surface area contributed by atoms with Crippen molar-refractivity contribution < 1.29 is 4.43 Å². The molecular weight excluding hydrogens is 290 g/mol. The second-order valence-corrected chi connectivity index (χ2v) is 11.6. The number of amidine groups is 1. The molecule has 1 heterocycles. The standard InChI is InChI=1S/C14H24ClN3OSi/c1-10-8-11(17-12(10)18-13(15)16-5)9-19-20(6,7)14(2,3)4/h8,17H,5,9H2,1-4,6-7H3/b18-13-. The second-order valence-electron chi connectivity index (χ2n) is 6.41. The summed E-state index contributed by atoms with van der Waals surface area (Å²) < 4.78 is 6.17. The van der Waals surface area contributed by atoms with Crippen LogP contribution in [0.15, 0.2) is 16.1 Å². The molecular formula is C14H24ClN3OSi. The summed E-state index contributed by atoms with van der Waals surface area (Å²) in [6.45, 7) is 17.0. The van der Waals surface area contributed by atoms with Crippen LogP contribution in [-0.2, 0) is 11.0 Å². The van der Waals surface area contributed by atoms with Crippen molar-refractivity contribution in [3.05, 3.63) is 17.3 Å². The highest BCUT2D eigenvalue weighted by Crippen LogP contribution is 2.37. The Morgan fingerprint density at radius 2 is 2.05 bits per heavy atom. The van der Waals surface area contributed by atoms with Gasteiger partial charge in [-0.2, -0.15) is 0 Å². The molecule has 0 unspecified atom stereocenters.